The molecule has 1 atom stereocenters. The summed E-state index contributed by atoms with van der Waals surface area (Å²) in [5.41, 5.74) is 1.30. The van der Waals surface area contributed by atoms with E-state index in [9.17, 15) is 14.0 Å². The van der Waals surface area contributed by atoms with E-state index in [1.165, 1.54) is 12.1 Å². The van der Waals surface area contributed by atoms with Gasteiger partial charge in [-0.3, -0.25) is 9.59 Å². The molecule has 1 amide bonds. The van der Waals surface area contributed by atoms with Gasteiger partial charge in [-0.15, -0.1) is 0 Å². The Morgan fingerprint density at radius 2 is 2.07 bits per heavy atom. The predicted octanol–water partition coefficient (Wildman–Crippen LogP) is 3.59. The van der Waals surface area contributed by atoms with Crippen molar-refractivity contribution >= 4 is 17.6 Å². The van der Waals surface area contributed by atoms with Crippen LogP contribution in [0.15, 0.2) is 59.1 Å². The molecule has 0 aliphatic carbocycles. The van der Waals surface area contributed by atoms with Crippen LogP contribution in [0.5, 0.6) is 5.75 Å². The number of amides is 1. The molecule has 0 radical (unpaired) electrons. The summed E-state index contributed by atoms with van der Waals surface area (Å²) in [5.74, 6) is -0.791. The van der Waals surface area contributed by atoms with Gasteiger partial charge in [-0.25, -0.2) is 4.39 Å². The number of carbonyl (C=O) groups excluding carboxylic acids is 2. The maximum Gasteiger partial charge on any atom is 0.311 e. The van der Waals surface area contributed by atoms with E-state index < -0.39 is 17.7 Å². The minimum atomic E-state index is -0.582. The van der Waals surface area contributed by atoms with Crippen molar-refractivity contribution in [3.05, 3.63) is 66.1 Å². The van der Waals surface area contributed by atoms with E-state index in [0.717, 1.165) is 0 Å². The molecule has 1 fully saturated rings. The lowest BCUT2D eigenvalue weighted by atomic mass is 10.1. The van der Waals surface area contributed by atoms with Gasteiger partial charge < -0.3 is 18.9 Å². The Labute approximate surface area is 172 Å². The third-order valence-corrected chi connectivity index (χ3v) is 4.88. The molecule has 8 heteroatoms. The van der Waals surface area contributed by atoms with E-state index in [4.69, 9.17) is 14.0 Å². The molecular weight excluding hydrogens is 391 g/mol. The number of carbonyl (C=O) groups is 2. The third kappa shape index (κ3) is 4.03. The van der Waals surface area contributed by atoms with Crippen LogP contribution < -0.4 is 9.64 Å². The number of aromatic nitrogens is 1. The monoisotopic (exact) mass is 410 g/mol. The van der Waals surface area contributed by atoms with Crippen LogP contribution in [0.1, 0.15) is 12.1 Å². The fourth-order valence-electron chi connectivity index (χ4n) is 3.32. The van der Waals surface area contributed by atoms with Gasteiger partial charge in [-0.2, -0.15) is 0 Å². The maximum atomic E-state index is 13.8. The summed E-state index contributed by atoms with van der Waals surface area (Å²) < 4.78 is 29.5. The number of halogens is 1. The summed E-state index contributed by atoms with van der Waals surface area (Å²) in [7, 11) is 1.55. The van der Waals surface area contributed by atoms with E-state index in [1.54, 1.807) is 54.5 Å². The summed E-state index contributed by atoms with van der Waals surface area (Å²) >= 11 is 0. The van der Waals surface area contributed by atoms with Gasteiger partial charge in [0.05, 0.1) is 18.6 Å². The second-order valence-corrected chi connectivity index (χ2v) is 6.88. The van der Waals surface area contributed by atoms with Gasteiger partial charge in [0.2, 0.25) is 5.91 Å². The first kappa shape index (κ1) is 19.6. The molecule has 0 saturated carbocycles. The quantitative estimate of drug-likeness (QED) is 0.578. The molecule has 1 aliphatic rings. The van der Waals surface area contributed by atoms with Crippen molar-refractivity contribution in [3.63, 3.8) is 0 Å². The number of ether oxygens (including phenoxy) is 2. The summed E-state index contributed by atoms with van der Waals surface area (Å²) in [6.07, 6.45) is 0.0648. The maximum absolute atomic E-state index is 13.8. The minimum Gasteiger partial charge on any atom is -0.497 e. The molecule has 2 heterocycles. The standard InChI is InChI=1S/C22H19FN2O5/c1-28-17-6-4-5-16(11-17)25-12-14(9-21(25)26)22(27)29-13-15-10-20(30-24-15)18-7-2-3-8-19(18)23/h2-8,10-11,14H,9,12-13H2,1H3. The Morgan fingerprint density at radius 1 is 1.23 bits per heavy atom. The van der Waals surface area contributed by atoms with Crippen LogP contribution in [-0.2, 0) is 20.9 Å². The highest BCUT2D eigenvalue weighted by atomic mass is 19.1. The van der Waals surface area contributed by atoms with Gasteiger partial charge in [-0.1, -0.05) is 23.4 Å². The zero-order valence-electron chi connectivity index (χ0n) is 16.2. The topological polar surface area (TPSA) is 81.9 Å². The summed E-state index contributed by atoms with van der Waals surface area (Å²) in [6.45, 7) is 0.102. The van der Waals surface area contributed by atoms with Gasteiger partial charge in [0.25, 0.3) is 0 Å². The van der Waals surface area contributed by atoms with Crippen LogP contribution in [0.4, 0.5) is 10.1 Å². The number of rotatable bonds is 6. The fourth-order valence-corrected chi connectivity index (χ4v) is 3.32. The molecule has 30 heavy (non-hydrogen) atoms. The first-order chi connectivity index (χ1) is 14.5. The largest absolute Gasteiger partial charge is 0.497 e. The number of esters is 1. The van der Waals surface area contributed by atoms with Gasteiger partial charge in [0.1, 0.15) is 23.9 Å². The molecule has 3 aromatic rings. The molecule has 0 N–H and O–H groups in total. The normalized spacial score (nSPS) is 16.0. The van der Waals surface area contributed by atoms with Crippen molar-refractivity contribution in [2.45, 2.75) is 13.0 Å². The average molecular weight is 410 g/mol. The second-order valence-electron chi connectivity index (χ2n) is 6.88. The third-order valence-electron chi connectivity index (χ3n) is 4.88. The van der Waals surface area contributed by atoms with Gasteiger partial charge >= 0.3 is 5.97 Å². The number of hydrogen-bond donors (Lipinski definition) is 0. The number of nitrogens with zero attached hydrogens (tertiary/aromatic N) is 2. The molecule has 2 aromatic carbocycles. The SMILES string of the molecule is COc1cccc(N2CC(C(=O)OCc3cc(-c4ccccc4F)on3)CC2=O)c1. The van der Waals surface area contributed by atoms with Crippen LogP contribution in [0.2, 0.25) is 0 Å². The summed E-state index contributed by atoms with van der Waals surface area (Å²) in [5, 5.41) is 3.82. The summed E-state index contributed by atoms with van der Waals surface area (Å²) in [6, 6.07) is 14.8. The zero-order valence-corrected chi connectivity index (χ0v) is 16.2. The van der Waals surface area contributed by atoms with Crippen LogP contribution in [0.25, 0.3) is 11.3 Å². The molecule has 1 saturated heterocycles. The second kappa shape index (κ2) is 8.36. The lowest BCUT2D eigenvalue weighted by molar-refractivity contribution is -0.149. The Balaban J connectivity index is 1.37. The first-order valence-electron chi connectivity index (χ1n) is 9.36. The lowest BCUT2D eigenvalue weighted by Crippen LogP contribution is -2.26. The molecule has 1 unspecified atom stereocenters. The smallest absolute Gasteiger partial charge is 0.311 e. The Kier molecular flexibility index (Phi) is 5.47. The van der Waals surface area contributed by atoms with E-state index in [0.29, 0.717) is 17.1 Å². The Morgan fingerprint density at radius 3 is 2.87 bits per heavy atom. The fraction of sp³-hybridized carbons (Fsp3) is 0.227. The van der Waals surface area contributed by atoms with Crippen molar-refractivity contribution in [2.24, 2.45) is 5.92 Å². The highest BCUT2D eigenvalue weighted by Crippen LogP contribution is 2.29. The van der Waals surface area contributed by atoms with Crippen molar-refractivity contribution in [1.82, 2.24) is 5.16 Å². The molecule has 7 nitrogen and oxygen atoms in total. The minimum absolute atomic E-state index is 0.0648. The zero-order chi connectivity index (χ0) is 21.1. The molecule has 1 aliphatic heterocycles. The molecule has 1 aromatic heterocycles. The van der Waals surface area contributed by atoms with Gasteiger partial charge in [0, 0.05) is 30.8 Å². The van der Waals surface area contributed by atoms with E-state index >= 15 is 0 Å². The first-order valence-corrected chi connectivity index (χ1v) is 9.36. The van der Waals surface area contributed by atoms with Crippen LogP contribution >= 0.6 is 0 Å². The van der Waals surface area contributed by atoms with Crippen LogP contribution in [0.3, 0.4) is 0 Å². The van der Waals surface area contributed by atoms with E-state index in [2.05, 4.69) is 5.16 Å². The average Bonchev–Trinajstić information content (AvgIpc) is 3.39. The van der Waals surface area contributed by atoms with Crippen molar-refractivity contribution < 1.29 is 28.0 Å². The van der Waals surface area contributed by atoms with Crippen molar-refractivity contribution in [2.75, 3.05) is 18.6 Å². The van der Waals surface area contributed by atoms with Gasteiger partial charge in [0.15, 0.2) is 5.76 Å². The molecule has 0 bridgehead atoms. The molecule has 154 valence electrons. The number of hydrogen-bond acceptors (Lipinski definition) is 6. The van der Waals surface area contributed by atoms with Crippen molar-refractivity contribution in [3.8, 4) is 17.1 Å². The van der Waals surface area contributed by atoms with E-state index in [-0.39, 0.29) is 36.8 Å². The van der Waals surface area contributed by atoms with Crippen LogP contribution in [0, 0.1) is 11.7 Å². The summed E-state index contributed by atoms with van der Waals surface area (Å²) in [4.78, 5) is 26.4. The van der Waals surface area contributed by atoms with E-state index in [1.807, 2.05) is 0 Å². The number of benzene rings is 2. The molecular formula is C22H19FN2O5. The Hall–Kier alpha value is -3.68. The van der Waals surface area contributed by atoms with Crippen LogP contribution in [-0.4, -0.2) is 30.7 Å². The highest BCUT2D eigenvalue weighted by molar-refractivity contribution is 5.99. The lowest BCUT2D eigenvalue weighted by Gasteiger charge is -2.17. The number of methoxy groups -OCH3 is 1. The molecule has 4 rings (SSSR count). The molecule has 0 spiro atoms. The van der Waals surface area contributed by atoms with Crippen molar-refractivity contribution in [1.29, 1.82) is 0 Å². The highest BCUT2D eigenvalue weighted by Gasteiger charge is 2.36. The van der Waals surface area contributed by atoms with Gasteiger partial charge in [-0.05, 0) is 24.3 Å². The number of anilines is 1. The predicted molar refractivity (Wildman–Crippen MR) is 105 cm³/mol. The Bertz CT molecular complexity index is 1080.